The average molecular weight is 296 g/mol. The molecule has 0 heterocycles. The van der Waals surface area contributed by atoms with E-state index in [4.69, 9.17) is 0 Å². The second-order valence-corrected chi connectivity index (χ2v) is 11.9. The quantitative estimate of drug-likeness (QED) is 0.584. The van der Waals surface area contributed by atoms with E-state index in [1.807, 2.05) is 0 Å². The second-order valence-electron chi connectivity index (χ2n) is 11.9. The van der Waals surface area contributed by atoms with Crippen LogP contribution in [0.3, 0.4) is 0 Å². The first-order valence-electron chi connectivity index (χ1n) is 10.3. The summed E-state index contributed by atoms with van der Waals surface area (Å²) in [6.07, 6.45) is 3.23. The van der Waals surface area contributed by atoms with Crippen molar-refractivity contribution < 1.29 is 0 Å². The number of hydrogen-bond donors (Lipinski definition) is 0. The van der Waals surface area contributed by atoms with E-state index < -0.39 is 0 Å². The Morgan fingerprint density at radius 2 is 1.59 bits per heavy atom. The van der Waals surface area contributed by atoms with Gasteiger partial charge in [0.1, 0.15) is 0 Å². The van der Waals surface area contributed by atoms with Crippen molar-refractivity contribution in [3.8, 4) is 0 Å². The van der Waals surface area contributed by atoms with Crippen LogP contribution in [0.2, 0.25) is 0 Å². The molecule has 0 radical (unpaired) electrons. The molecule has 14 unspecified atom stereocenters. The Kier molecular flexibility index (Phi) is 1.51. The van der Waals surface area contributed by atoms with Gasteiger partial charge in [-0.05, 0) is 93.7 Å². The maximum atomic E-state index is 2.79. The van der Waals surface area contributed by atoms with Crippen LogP contribution in [0.1, 0.15) is 54.4 Å². The molecule has 0 heteroatoms. The largest absolute Gasteiger partial charge is 0.0619 e. The summed E-state index contributed by atoms with van der Waals surface area (Å²) in [5.74, 6) is 10.9. The Morgan fingerprint density at radius 1 is 0.864 bits per heavy atom. The molecule has 120 valence electrons. The molecule has 0 amide bonds. The standard InChI is InChI=1S/C22H32/c1-9-13-10(2)20(5)8-19(4)17(13)14-12-7-22(18(14)19)11(3)21(20,6)15(9)16(12)22/h9-18H,7-8H2,1-6H3. The highest BCUT2D eigenvalue weighted by atomic mass is 15.0. The molecular weight excluding hydrogens is 264 g/mol. The van der Waals surface area contributed by atoms with Gasteiger partial charge < -0.3 is 0 Å². The SMILES string of the molecule is CC1C2C3C4C5CC67C5C1C(C)(C6C)C(C)(CC3(C)C47)C2C. The van der Waals surface area contributed by atoms with E-state index in [0.717, 1.165) is 64.1 Å². The van der Waals surface area contributed by atoms with Gasteiger partial charge in [-0.25, -0.2) is 0 Å². The van der Waals surface area contributed by atoms with Crippen molar-refractivity contribution in [2.24, 2.45) is 80.8 Å². The molecule has 0 aromatic heterocycles. The third kappa shape index (κ3) is 0.668. The molecule has 0 aromatic carbocycles. The molecule has 6 fully saturated rings. The van der Waals surface area contributed by atoms with Gasteiger partial charge in [-0.15, -0.1) is 0 Å². The summed E-state index contributed by atoms with van der Waals surface area (Å²) >= 11 is 0. The molecule has 6 saturated carbocycles. The highest BCUT2D eigenvalue weighted by Gasteiger charge is 2.95. The summed E-state index contributed by atoms with van der Waals surface area (Å²) < 4.78 is 0. The van der Waals surface area contributed by atoms with Crippen LogP contribution in [0.15, 0.2) is 0 Å². The van der Waals surface area contributed by atoms with Crippen LogP contribution in [0, 0.1) is 80.8 Å². The first-order valence-corrected chi connectivity index (χ1v) is 10.3. The van der Waals surface area contributed by atoms with Gasteiger partial charge in [0.15, 0.2) is 0 Å². The Labute approximate surface area is 135 Å². The third-order valence-electron chi connectivity index (χ3n) is 13.0. The summed E-state index contributed by atoms with van der Waals surface area (Å²) in [7, 11) is 0. The topological polar surface area (TPSA) is 0 Å². The monoisotopic (exact) mass is 296 g/mol. The highest BCUT2D eigenvalue weighted by molar-refractivity contribution is 5.42. The molecule has 0 spiro atoms. The lowest BCUT2D eigenvalue weighted by Crippen LogP contribution is -2.70. The molecular formula is C22H32. The van der Waals surface area contributed by atoms with Crippen molar-refractivity contribution >= 4 is 0 Å². The molecule has 0 saturated heterocycles. The van der Waals surface area contributed by atoms with Gasteiger partial charge in [0.2, 0.25) is 0 Å². The number of rotatable bonds is 0. The zero-order chi connectivity index (χ0) is 15.2. The van der Waals surface area contributed by atoms with Crippen molar-refractivity contribution in [2.75, 3.05) is 0 Å². The predicted octanol–water partition coefficient (Wildman–Crippen LogP) is 5.09. The lowest BCUT2D eigenvalue weighted by molar-refractivity contribution is -0.277. The minimum Gasteiger partial charge on any atom is -0.0619 e. The van der Waals surface area contributed by atoms with Gasteiger partial charge in [-0.2, -0.15) is 0 Å². The van der Waals surface area contributed by atoms with Crippen LogP contribution in [0.4, 0.5) is 0 Å². The Morgan fingerprint density at radius 3 is 2.32 bits per heavy atom. The molecule has 6 rings (SSSR count). The molecule has 6 aliphatic carbocycles. The Hall–Kier alpha value is 0. The highest BCUT2D eigenvalue weighted by Crippen LogP contribution is 2.99. The van der Waals surface area contributed by atoms with Gasteiger partial charge in [-0.1, -0.05) is 41.5 Å². The van der Waals surface area contributed by atoms with Crippen molar-refractivity contribution in [1.29, 1.82) is 0 Å². The van der Waals surface area contributed by atoms with E-state index in [9.17, 15) is 0 Å². The number of hydrogen-bond acceptors (Lipinski definition) is 0. The maximum Gasteiger partial charge on any atom is -0.0193 e. The minimum absolute atomic E-state index is 0.623. The predicted molar refractivity (Wildman–Crippen MR) is 87.9 cm³/mol. The van der Waals surface area contributed by atoms with Crippen molar-refractivity contribution in [1.82, 2.24) is 0 Å². The Balaban J connectivity index is 1.66. The fourth-order valence-corrected chi connectivity index (χ4v) is 12.9. The van der Waals surface area contributed by atoms with E-state index in [-0.39, 0.29) is 0 Å². The fourth-order valence-electron chi connectivity index (χ4n) is 12.9. The zero-order valence-corrected chi connectivity index (χ0v) is 15.2. The van der Waals surface area contributed by atoms with Crippen molar-refractivity contribution in [3.05, 3.63) is 0 Å². The summed E-state index contributed by atoms with van der Waals surface area (Å²) in [5, 5.41) is 0. The first-order chi connectivity index (χ1) is 10.3. The van der Waals surface area contributed by atoms with Crippen molar-refractivity contribution in [3.63, 3.8) is 0 Å². The first kappa shape index (κ1) is 12.4. The normalized spacial score (nSPS) is 87.0. The van der Waals surface area contributed by atoms with Gasteiger partial charge in [0.25, 0.3) is 0 Å². The summed E-state index contributed by atoms with van der Waals surface area (Å²) in [4.78, 5) is 0. The van der Waals surface area contributed by atoms with Crippen molar-refractivity contribution in [2.45, 2.75) is 54.4 Å². The third-order valence-corrected chi connectivity index (χ3v) is 13.0. The zero-order valence-electron chi connectivity index (χ0n) is 15.2. The Bertz CT molecular complexity index is 650. The van der Waals surface area contributed by atoms with Crippen LogP contribution in [0.25, 0.3) is 0 Å². The van der Waals surface area contributed by atoms with Gasteiger partial charge in [0.05, 0.1) is 0 Å². The van der Waals surface area contributed by atoms with Crippen LogP contribution >= 0.6 is 0 Å². The molecule has 6 aliphatic rings. The second kappa shape index (κ2) is 2.68. The molecule has 0 aromatic rings. The van der Waals surface area contributed by atoms with E-state index in [0.29, 0.717) is 10.8 Å². The van der Waals surface area contributed by atoms with Gasteiger partial charge in [0, 0.05) is 0 Å². The minimum atomic E-state index is 0.623. The summed E-state index contributed by atoms with van der Waals surface area (Å²) in [5.41, 5.74) is 2.79. The smallest absolute Gasteiger partial charge is 0.0193 e. The molecule has 0 N–H and O–H groups in total. The van der Waals surface area contributed by atoms with Gasteiger partial charge in [-0.3, -0.25) is 0 Å². The molecule has 14 atom stereocenters. The summed E-state index contributed by atoms with van der Waals surface area (Å²) in [6, 6.07) is 0. The van der Waals surface area contributed by atoms with E-state index in [1.165, 1.54) is 5.92 Å². The maximum absolute atomic E-state index is 2.79. The van der Waals surface area contributed by atoms with E-state index in [1.54, 1.807) is 12.8 Å². The molecule has 0 aliphatic heterocycles. The summed E-state index contributed by atoms with van der Waals surface area (Å²) in [6.45, 7) is 16.4. The molecule has 4 bridgehead atoms. The van der Waals surface area contributed by atoms with Crippen LogP contribution < -0.4 is 0 Å². The average Bonchev–Trinajstić information content (AvgIpc) is 2.93. The van der Waals surface area contributed by atoms with Gasteiger partial charge >= 0.3 is 0 Å². The number of fused-ring (bicyclic) bond motifs is 10. The molecule has 0 nitrogen and oxygen atoms in total. The molecule has 22 heavy (non-hydrogen) atoms. The van der Waals surface area contributed by atoms with Crippen LogP contribution in [-0.2, 0) is 0 Å². The lowest BCUT2D eigenvalue weighted by Gasteiger charge is -2.75. The lowest BCUT2D eigenvalue weighted by atomic mass is 9.29. The van der Waals surface area contributed by atoms with E-state index >= 15 is 0 Å². The van der Waals surface area contributed by atoms with E-state index in [2.05, 4.69) is 41.5 Å². The van der Waals surface area contributed by atoms with Crippen LogP contribution in [-0.4, -0.2) is 0 Å². The fraction of sp³-hybridized carbons (Fsp3) is 1.00. The van der Waals surface area contributed by atoms with Crippen LogP contribution in [0.5, 0.6) is 0 Å².